The molecule has 5 heteroatoms. The minimum atomic E-state index is -0.875. The van der Waals surface area contributed by atoms with Gasteiger partial charge in [-0.25, -0.2) is 0 Å². The van der Waals surface area contributed by atoms with Crippen molar-refractivity contribution in [3.8, 4) is 5.75 Å². The first-order valence-corrected chi connectivity index (χ1v) is 6.69. The smallest absolute Gasteiger partial charge is 0.229 e. The second-order valence-corrected chi connectivity index (χ2v) is 5.08. The number of carbonyl (C=O) groups excluding carboxylic acids is 2. The molecule has 0 bridgehead atoms. The zero-order valence-corrected chi connectivity index (χ0v) is 11.8. The highest BCUT2D eigenvalue weighted by Crippen LogP contribution is 2.22. The van der Waals surface area contributed by atoms with Crippen molar-refractivity contribution in [2.45, 2.75) is 32.8 Å². The van der Waals surface area contributed by atoms with Crippen molar-refractivity contribution < 1.29 is 19.4 Å². The molecule has 1 unspecified atom stereocenters. The van der Waals surface area contributed by atoms with Crippen LogP contribution >= 0.6 is 0 Å². The molecule has 0 saturated carbocycles. The van der Waals surface area contributed by atoms with Crippen LogP contribution in [-0.4, -0.2) is 41.1 Å². The maximum Gasteiger partial charge on any atom is 0.229 e. The summed E-state index contributed by atoms with van der Waals surface area (Å²) >= 11 is 0. The van der Waals surface area contributed by atoms with Gasteiger partial charge in [-0.2, -0.15) is 0 Å². The Morgan fingerprint density at radius 2 is 1.75 bits per heavy atom. The minimum absolute atomic E-state index is 0.00257. The first-order chi connectivity index (χ1) is 9.49. The van der Waals surface area contributed by atoms with Gasteiger partial charge >= 0.3 is 0 Å². The molecule has 1 heterocycles. The van der Waals surface area contributed by atoms with E-state index in [1.807, 2.05) is 32.0 Å². The fourth-order valence-electron chi connectivity index (χ4n) is 2.30. The lowest BCUT2D eigenvalue weighted by atomic mass is 10.1. The van der Waals surface area contributed by atoms with Crippen molar-refractivity contribution in [3.63, 3.8) is 0 Å². The van der Waals surface area contributed by atoms with Crippen molar-refractivity contribution in [2.75, 3.05) is 13.2 Å². The van der Waals surface area contributed by atoms with Crippen LogP contribution in [0.15, 0.2) is 18.2 Å². The average Bonchev–Trinajstić information content (AvgIpc) is 2.70. The van der Waals surface area contributed by atoms with Gasteiger partial charge in [0.1, 0.15) is 18.5 Å². The summed E-state index contributed by atoms with van der Waals surface area (Å²) in [5.74, 6) is 0.299. The standard InChI is InChI=1S/C15H19NO4/c1-10-4-3-5-11(2)15(10)20-9-12(17)8-16-13(18)6-7-14(16)19/h3-5,12,17H,6-9H2,1-2H3. The topological polar surface area (TPSA) is 66.8 Å². The first kappa shape index (κ1) is 14.5. The summed E-state index contributed by atoms with van der Waals surface area (Å²) in [6.45, 7) is 3.93. The molecule has 1 atom stereocenters. The van der Waals surface area contributed by atoms with Crippen LogP contribution in [0, 0.1) is 13.8 Å². The average molecular weight is 277 g/mol. The van der Waals surface area contributed by atoms with Gasteiger partial charge in [-0.3, -0.25) is 14.5 Å². The molecule has 1 N–H and O–H groups in total. The number of amides is 2. The number of aliphatic hydroxyl groups excluding tert-OH is 1. The van der Waals surface area contributed by atoms with E-state index in [0.717, 1.165) is 21.8 Å². The Labute approximate surface area is 118 Å². The summed E-state index contributed by atoms with van der Waals surface area (Å²) in [5, 5.41) is 9.92. The fourth-order valence-corrected chi connectivity index (χ4v) is 2.30. The summed E-state index contributed by atoms with van der Waals surface area (Å²) in [4.78, 5) is 24.0. The van der Waals surface area contributed by atoms with Gasteiger partial charge < -0.3 is 9.84 Å². The molecule has 1 aliphatic heterocycles. The number of aliphatic hydroxyl groups is 1. The molecule has 1 fully saturated rings. The highest BCUT2D eigenvalue weighted by atomic mass is 16.5. The Bertz CT molecular complexity index is 490. The molecule has 2 amide bonds. The number of benzene rings is 1. The largest absolute Gasteiger partial charge is 0.490 e. The third-order valence-electron chi connectivity index (χ3n) is 3.38. The van der Waals surface area contributed by atoms with Gasteiger partial charge in [0, 0.05) is 12.8 Å². The maximum absolute atomic E-state index is 11.5. The van der Waals surface area contributed by atoms with Gasteiger partial charge in [0.25, 0.3) is 0 Å². The molecular weight excluding hydrogens is 258 g/mol. The number of carbonyl (C=O) groups is 2. The number of aryl methyl sites for hydroxylation is 2. The molecule has 2 rings (SSSR count). The van der Waals surface area contributed by atoms with E-state index in [1.165, 1.54) is 0 Å². The molecule has 5 nitrogen and oxygen atoms in total. The summed E-state index contributed by atoms with van der Waals surface area (Å²) in [7, 11) is 0. The van der Waals surface area contributed by atoms with Gasteiger partial charge in [0.05, 0.1) is 6.54 Å². The molecule has 20 heavy (non-hydrogen) atoms. The predicted molar refractivity (Wildman–Crippen MR) is 73.4 cm³/mol. The minimum Gasteiger partial charge on any atom is -0.490 e. The number of imide groups is 1. The lowest BCUT2D eigenvalue weighted by molar-refractivity contribution is -0.140. The molecule has 0 spiro atoms. The molecule has 1 aromatic carbocycles. The van der Waals surface area contributed by atoms with Gasteiger partial charge in [-0.05, 0) is 25.0 Å². The molecule has 1 saturated heterocycles. The predicted octanol–water partition coefficient (Wildman–Crippen LogP) is 1.19. The van der Waals surface area contributed by atoms with E-state index in [2.05, 4.69) is 0 Å². The van der Waals surface area contributed by atoms with Crippen molar-refractivity contribution >= 4 is 11.8 Å². The molecule has 0 aromatic heterocycles. The van der Waals surface area contributed by atoms with Crippen LogP contribution in [0.5, 0.6) is 5.75 Å². The lowest BCUT2D eigenvalue weighted by Crippen LogP contribution is -2.38. The van der Waals surface area contributed by atoms with E-state index in [-0.39, 0.29) is 37.8 Å². The van der Waals surface area contributed by atoms with Crippen LogP contribution in [0.4, 0.5) is 0 Å². The van der Waals surface area contributed by atoms with Crippen LogP contribution in [0.2, 0.25) is 0 Å². The summed E-state index contributed by atoms with van der Waals surface area (Å²) < 4.78 is 5.61. The van der Waals surface area contributed by atoms with Gasteiger partial charge in [-0.15, -0.1) is 0 Å². The highest BCUT2D eigenvalue weighted by molar-refractivity contribution is 6.01. The zero-order valence-electron chi connectivity index (χ0n) is 11.8. The molecule has 108 valence electrons. The van der Waals surface area contributed by atoms with E-state index < -0.39 is 6.10 Å². The third kappa shape index (κ3) is 3.17. The van der Waals surface area contributed by atoms with Crippen LogP contribution in [0.25, 0.3) is 0 Å². The number of nitrogens with zero attached hydrogens (tertiary/aromatic N) is 1. The maximum atomic E-state index is 11.5. The second kappa shape index (κ2) is 6.05. The zero-order chi connectivity index (χ0) is 14.7. The number of rotatable bonds is 5. The Kier molecular flexibility index (Phi) is 4.39. The number of para-hydroxylation sites is 1. The van der Waals surface area contributed by atoms with Crippen LogP contribution in [0.1, 0.15) is 24.0 Å². The Morgan fingerprint density at radius 1 is 1.20 bits per heavy atom. The summed E-state index contributed by atoms with van der Waals surface area (Å²) in [6.07, 6.45) is -0.396. The molecular formula is C15H19NO4. The Balaban J connectivity index is 1.91. The van der Waals surface area contributed by atoms with Crippen LogP contribution in [0.3, 0.4) is 0 Å². The monoisotopic (exact) mass is 277 g/mol. The molecule has 0 radical (unpaired) electrons. The van der Waals surface area contributed by atoms with Gasteiger partial charge in [-0.1, -0.05) is 18.2 Å². The van der Waals surface area contributed by atoms with E-state index in [0.29, 0.717) is 0 Å². The summed E-state index contributed by atoms with van der Waals surface area (Å²) in [6, 6.07) is 5.81. The quantitative estimate of drug-likeness (QED) is 0.821. The fraction of sp³-hybridized carbons (Fsp3) is 0.467. The molecule has 0 aliphatic carbocycles. The molecule has 1 aliphatic rings. The van der Waals surface area contributed by atoms with Crippen molar-refractivity contribution in [1.82, 2.24) is 4.90 Å². The van der Waals surface area contributed by atoms with Crippen molar-refractivity contribution in [2.24, 2.45) is 0 Å². The third-order valence-corrected chi connectivity index (χ3v) is 3.38. The lowest BCUT2D eigenvalue weighted by Gasteiger charge is -2.20. The van der Waals surface area contributed by atoms with E-state index in [4.69, 9.17) is 4.74 Å². The number of hydrogen-bond donors (Lipinski definition) is 1. The van der Waals surface area contributed by atoms with Gasteiger partial charge in [0.2, 0.25) is 11.8 Å². The normalized spacial score (nSPS) is 16.6. The number of β-amino-alcohol motifs (C(OH)–C–C–N with tert-alkyl or cyclic N) is 1. The Morgan fingerprint density at radius 3 is 2.30 bits per heavy atom. The van der Waals surface area contributed by atoms with E-state index in [9.17, 15) is 14.7 Å². The second-order valence-electron chi connectivity index (χ2n) is 5.08. The van der Waals surface area contributed by atoms with Crippen molar-refractivity contribution in [1.29, 1.82) is 0 Å². The Hall–Kier alpha value is -1.88. The number of hydrogen-bond acceptors (Lipinski definition) is 4. The number of likely N-dealkylation sites (tertiary alicyclic amines) is 1. The number of ether oxygens (including phenoxy) is 1. The van der Waals surface area contributed by atoms with E-state index in [1.54, 1.807) is 0 Å². The summed E-state index contributed by atoms with van der Waals surface area (Å²) in [5.41, 5.74) is 1.98. The van der Waals surface area contributed by atoms with Crippen LogP contribution in [-0.2, 0) is 9.59 Å². The van der Waals surface area contributed by atoms with E-state index >= 15 is 0 Å². The van der Waals surface area contributed by atoms with Crippen LogP contribution < -0.4 is 4.74 Å². The molecule has 1 aromatic rings. The van der Waals surface area contributed by atoms with Gasteiger partial charge in [0.15, 0.2) is 0 Å². The van der Waals surface area contributed by atoms with Crippen molar-refractivity contribution in [3.05, 3.63) is 29.3 Å². The highest BCUT2D eigenvalue weighted by Gasteiger charge is 2.30. The first-order valence-electron chi connectivity index (χ1n) is 6.69. The SMILES string of the molecule is Cc1cccc(C)c1OCC(O)CN1C(=O)CCC1=O.